The molecule has 31 heavy (non-hydrogen) atoms. The third-order valence-electron chi connectivity index (χ3n) is 4.10. The first-order valence-electron chi connectivity index (χ1n) is 9.25. The van der Waals surface area contributed by atoms with Gasteiger partial charge < -0.3 is 23.9 Å². The third-order valence-corrected chi connectivity index (χ3v) is 4.63. The average molecular weight is 510 g/mol. The van der Waals surface area contributed by atoms with Crippen LogP contribution in [0.15, 0.2) is 33.2 Å². The molecule has 3 rings (SSSR count). The lowest BCUT2D eigenvalue weighted by Crippen LogP contribution is -2.43. The lowest BCUT2D eigenvalue weighted by molar-refractivity contribution is -0.325. The summed E-state index contributed by atoms with van der Waals surface area (Å²) in [5, 5.41) is 10.2. The first-order chi connectivity index (χ1) is 14.8. The molecule has 1 aliphatic heterocycles. The Balaban J connectivity index is 1.35. The average Bonchev–Trinajstić information content (AvgIpc) is 3.20. The molecule has 1 aromatic carbocycles. The molecular formula is C18H19BrF3N3O6. The number of ether oxygens (including phenoxy) is 4. The molecule has 1 fully saturated rings. The Morgan fingerprint density at radius 1 is 1.16 bits per heavy atom. The number of hydrogen-bond donors (Lipinski definition) is 1. The molecule has 2 heterocycles. The van der Waals surface area contributed by atoms with Crippen LogP contribution in [0, 0.1) is 0 Å². The second-order valence-electron chi connectivity index (χ2n) is 6.46. The van der Waals surface area contributed by atoms with E-state index in [-0.39, 0.29) is 37.1 Å². The number of carbonyl (C=O) groups is 1. The molecule has 2 atom stereocenters. The van der Waals surface area contributed by atoms with Crippen molar-refractivity contribution in [3.8, 4) is 11.8 Å². The summed E-state index contributed by atoms with van der Waals surface area (Å²) in [5.74, 6) is 0.456. The summed E-state index contributed by atoms with van der Waals surface area (Å²) in [6.07, 6.45) is -4.39. The maximum absolute atomic E-state index is 12.1. The van der Waals surface area contributed by atoms with Crippen LogP contribution in [0.25, 0.3) is 0 Å². The minimum atomic E-state index is -4.73. The molecule has 1 saturated heterocycles. The number of nitrogens with zero attached hydrogens (tertiary/aromatic N) is 2. The van der Waals surface area contributed by atoms with Crippen molar-refractivity contribution in [3.63, 3.8) is 0 Å². The van der Waals surface area contributed by atoms with Gasteiger partial charge in [-0.3, -0.25) is 9.53 Å². The Labute approximate surface area is 183 Å². The summed E-state index contributed by atoms with van der Waals surface area (Å²) in [6.45, 7) is -0.992. The molecule has 0 bridgehead atoms. The minimum absolute atomic E-state index is 0.121. The van der Waals surface area contributed by atoms with Gasteiger partial charge in [0.05, 0.1) is 19.3 Å². The molecule has 0 radical (unpaired) electrons. The van der Waals surface area contributed by atoms with Crippen LogP contribution in [0.2, 0.25) is 0 Å². The van der Waals surface area contributed by atoms with Crippen LogP contribution >= 0.6 is 15.9 Å². The topological polar surface area (TPSA) is 105 Å². The largest absolute Gasteiger partial charge is 0.522 e. The van der Waals surface area contributed by atoms with E-state index in [1.807, 2.05) is 12.1 Å². The van der Waals surface area contributed by atoms with Crippen molar-refractivity contribution in [3.05, 3.63) is 34.6 Å². The van der Waals surface area contributed by atoms with Gasteiger partial charge in [0, 0.05) is 4.47 Å². The number of hydrogen-bond acceptors (Lipinski definition) is 8. The maximum atomic E-state index is 12.1. The molecule has 0 spiro atoms. The highest BCUT2D eigenvalue weighted by Crippen LogP contribution is 2.28. The second-order valence-corrected chi connectivity index (χ2v) is 7.37. The van der Waals surface area contributed by atoms with Crippen molar-refractivity contribution in [1.29, 1.82) is 0 Å². The van der Waals surface area contributed by atoms with E-state index in [1.165, 1.54) is 0 Å². The summed E-state index contributed by atoms with van der Waals surface area (Å²) in [5.41, 5.74) is 0. The van der Waals surface area contributed by atoms with Gasteiger partial charge in [-0.1, -0.05) is 21.0 Å². The standard InChI is InChI=1S/C18H19BrF3N3O6/c19-11-1-4-13(5-2-11)28-10-15(26)23-12-3-6-14(29-9-12)16-24-25-17(31-16)27-7-8-30-18(20,21)22/h1-2,4-5,12,14H,3,6-10H2,(H,23,26)/t12-,14+/m0/s1. The van der Waals surface area contributed by atoms with Crippen LogP contribution in [-0.2, 0) is 14.3 Å². The molecule has 0 saturated carbocycles. The van der Waals surface area contributed by atoms with Gasteiger partial charge in [0.2, 0.25) is 5.89 Å². The molecule has 1 amide bonds. The molecule has 13 heteroatoms. The monoisotopic (exact) mass is 509 g/mol. The minimum Gasteiger partial charge on any atom is -0.484 e. The zero-order chi connectivity index (χ0) is 22.3. The Kier molecular flexibility index (Phi) is 8.09. The SMILES string of the molecule is O=C(COc1ccc(Br)cc1)N[C@H]1CC[C@H](c2nnc(OCCOC(F)(F)F)o2)OC1. The van der Waals surface area contributed by atoms with Crippen molar-refractivity contribution >= 4 is 21.8 Å². The smallest absolute Gasteiger partial charge is 0.484 e. The van der Waals surface area contributed by atoms with Crippen LogP contribution in [0.4, 0.5) is 13.2 Å². The maximum Gasteiger partial charge on any atom is 0.522 e. The molecule has 1 aromatic heterocycles. The highest BCUT2D eigenvalue weighted by atomic mass is 79.9. The number of carbonyl (C=O) groups excluding carboxylic acids is 1. The van der Waals surface area contributed by atoms with Crippen LogP contribution in [0.3, 0.4) is 0 Å². The molecular weight excluding hydrogens is 491 g/mol. The normalized spacial score (nSPS) is 19.1. The number of rotatable bonds is 9. The molecule has 0 unspecified atom stereocenters. The molecule has 1 aliphatic rings. The van der Waals surface area contributed by atoms with E-state index in [4.69, 9.17) is 18.6 Å². The fourth-order valence-corrected chi connectivity index (χ4v) is 2.97. The Hall–Kier alpha value is -2.38. The fourth-order valence-electron chi connectivity index (χ4n) is 2.70. The van der Waals surface area contributed by atoms with Crippen molar-refractivity contribution in [1.82, 2.24) is 15.5 Å². The Morgan fingerprint density at radius 2 is 1.94 bits per heavy atom. The number of halogens is 4. The predicted molar refractivity (Wildman–Crippen MR) is 101 cm³/mol. The third kappa shape index (κ3) is 7.99. The first-order valence-corrected chi connectivity index (χ1v) is 10.0. The second kappa shape index (κ2) is 10.8. The van der Waals surface area contributed by atoms with E-state index in [1.54, 1.807) is 12.1 Å². The Bertz CT molecular complexity index is 841. The summed E-state index contributed by atoms with van der Waals surface area (Å²) in [6, 6.07) is 6.92. The lowest BCUT2D eigenvalue weighted by Gasteiger charge is -2.27. The highest BCUT2D eigenvalue weighted by Gasteiger charge is 2.30. The zero-order valence-electron chi connectivity index (χ0n) is 16.1. The number of amides is 1. The van der Waals surface area contributed by atoms with Gasteiger partial charge >= 0.3 is 12.4 Å². The Morgan fingerprint density at radius 3 is 2.61 bits per heavy atom. The quantitative estimate of drug-likeness (QED) is 0.514. The number of benzene rings is 1. The fraction of sp³-hybridized carbons (Fsp3) is 0.500. The highest BCUT2D eigenvalue weighted by molar-refractivity contribution is 9.10. The number of nitrogens with one attached hydrogen (secondary N) is 1. The molecule has 0 aliphatic carbocycles. The summed E-state index contributed by atoms with van der Waals surface area (Å²) in [7, 11) is 0. The molecule has 2 aromatic rings. The summed E-state index contributed by atoms with van der Waals surface area (Å²) in [4.78, 5) is 12.1. The predicted octanol–water partition coefficient (Wildman–Crippen LogP) is 3.16. The van der Waals surface area contributed by atoms with Gasteiger partial charge in [-0.25, -0.2) is 0 Å². The molecule has 1 N–H and O–H groups in total. The summed E-state index contributed by atoms with van der Waals surface area (Å²) < 4.78 is 61.4. The van der Waals surface area contributed by atoms with Crippen molar-refractivity contribution in [2.75, 3.05) is 26.4 Å². The van der Waals surface area contributed by atoms with Crippen LogP contribution in [0.5, 0.6) is 11.8 Å². The first kappa shape index (κ1) is 23.3. The molecule has 9 nitrogen and oxygen atoms in total. The van der Waals surface area contributed by atoms with Gasteiger partial charge in [-0.15, -0.1) is 18.3 Å². The van der Waals surface area contributed by atoms with Gasteiger partial charge in [0.25, 0.3) is 5.91 Å². The van der Waals surface area contributed by atoms with Gasteiger partial charge in [-0.05, 0) is 37.1 Å². The van der Waals surface area contributed by atoms with Gasteiger partial charge in [0.1, 0.15) is 18.5 Å². The van der Waals surface area contributed by atoms with E-state index < -0.39 is 25.7 Å². The van der Waals surface area contributed by atoms with Crippen molar-refractivity contribution in [2.45, 2.75) is 31.3 Å². The van der Waals surface area contributed by atoms with E-state index in [0.717, 1.165) is 4.47 Å². The van der Waals surface area contributed by atoms with Gasteiger partial charge in [-0.2, -0.15) is 0 Å². The molecule has 170 valence electrons. The number of aromatic nitrogens is 2. The number of alkyl halides is 3. The summed E-state index contributed by atoms with van der Waals surface area (Å²) >= 11 is 3.32. The van der Waals surface area contributed by atoms with E-state index in [2.05, 4.69) is 36.2 Å². The van der Waals surface area contributed by atoms with Crippen LogP contribution in [0.1, 0.15) is 24.8 Å². The van der Waals surface area contributed by atoms with Crippen molar-refractivity contribution < 1.29 is 41.3 Å². The van der Waals surface area contributed by atoms with Gasteiger partial charge in [0.15, 0.2) is 6.61 Å². The van der Waals surface area contributed by atoms with Crippen LogP contribution in [-0.4, -0.2) is 54.9 Å². The van der Waals surface area contributed by atoms with E-state index in [0.29, 0.717) is 18.6 Å². The lowest BCUT2D eigenvalue weighted by atomic mass is 10.1. The van der Waals surface area contributed by atoms with Crippen molar-refractivity contribution in [2.24, 2.45) is 0 Å². The van der Waals surface area contributed by atoms with E-state index >= 15 is 0 Å². The van der Waals surface area contributed by atoms with Crippen LogP contribution < -0.4 is 14.8 Å². The zero-order valence-corrected chi connectivity index (χ0v) is 17.6. The van der Waals surface area contributed by atoms with E-state index in [9.17, 15) is 18.0 Å².